The van der Waals surface area contributed by atoms with Crippen molar-refractivity contribution >= 4 is 19.5 Å². The summed E-state index contributed by atoms with van der Waals surface area (Å²) >= 11 is 0. The minimum absolute atomic E-state index is 0.0157. The van der Waals surface area contributed by atoms with Crippen molar-refractivity contribution in [2.45, 2.75) is 32.2 Å². The number of ether oxygens (including phenoxy) is 1. The monoisotopic (exact) mass is 397 g/mol. The Kier molecular flexibility index (Phi) is 5.78. The Bertz CT molecular complexity index is 813. The molecule has 27 heavy (non-hydrogen) atoms. The molecule has 1 aliphatic carbocycles. The number of benzene rings is 1. The molecule has 10 heteroatoms. The van der Waals surface area contributed by atoms with Crippen molar-refractivity contribution in [1.29, 1.82) is 0 Å². The number of phosphoric acid groups is 1. The lowest BCUT2D eigenvalue weighted by molar-refractivity contribution is -0.116. The third kappa shape index (κ3) is 4.28. The number of hydrogen-bond acceptors (Lipinski definition) is 8. The number of nitrogens with one attached hydrogen (secondary N) is 1. The zero-order chi connectivity index (χ0) is 19.6. The lowest BCUT2D eigenvalue weighted by Gasteiger charge is -2.20. The molecule has 3 rings (SSSR count). The number of hydrogen-bond donors (Lipinski definition) is 2. The van der Waals surface area contributed by atoms with Gasteiger partial charge in [0.1, 0.15) is 24.1 Å². The number of aliphatic hydroxyl groups excluding tert-OH is 1. The van der Waals surface area contributed by atoms with Crippen LogP contribution in [0.1, 0.15) is 24.2 Å². The molecule has 1 heterocycles. The molecule has 1 aliphatic heterocycles. The molecule has 9 nitrogen and oxygen atoms in total. The second-order valence-corrected chi connectivity index (χ2v) is 7.39. The number of carbonyl (C=O) groups is 2. The highest BCUT2D eigenvalue weighted by Gasteiger charge is 2.53. The average molecular weight is 397 g/mol. The molecule has 2 N–H and O–H groups in total. The zero-order valence-electron chi connectivity index (χ0n) is 14.8. The fourth-order valence-electron chi connectivity index (χ4n) is 2.66. The van der Waals surface area contributed by atoms with E-state index in [1.807, 2.05) is 0 Å². The molecule has 3 atom stereocenters. The van der Waals surface area contributed by atoms with Gasteiger partial charge in [0.05, 0.1) is 24.5 Å². The van der Waals surface area contributed by atoms with Gasteiger partial charge in [-0.15, -0.1) is 0 Å². The van der Waals surface area contributed by atoms with Crippen LogP contribution in [0, 0.1) is 0 Å². The molecule has 146 valence electrons. The molecule has 1 saturated heterocycles. The molecule has 0 aromatic heterocycles. The number of fused-ring (bicyclic) bond motifs is 1. The van der Waals surface area contributed by atoms with Gasteiger partial charge < -0.3 is 19.7 Å². The number of carbonyl (C=O) groups excluding carboxylic acids is 2. The number of phosphoric ester groups is 1. The van der Waals surface area contributed by atoms with E-state index in [1.165, 1.54) is 12.1 Å². The van der Waals surface area contributed by atoms with Crippen LogP contribution in [-0.4, -0.2) is 48.3 Å². The second kappa shape index (κ2) is 7.92. The Hall–Kier alpha value is -2.03. The van der Waals surface area contributed by atoms with Crippen molar-refractivity contribution in [3.8, 4) is 5.75 Å². The normalized spacial score (nSPS) is 24.0. The topological polar surface area (TPSA) is 124 Å². The Morgan fingerprint density at radius 3 is 2.59 bits per heavy atom. The van der Waals surface area contributed by atoms with Crippen LogP contribution in [0.15, 0.2) is 36.0 Å². The van der Waals surface area contributed by atoms with E-state index in [0.29, 0.717) is 0 Å². The largest absolute Gasteiger partial charge is 0.530 e. The van der Waals surface area contributed by atoms with Crippen molar-refractivity contribution < 1.29 is 37.6 Å². The lowest BCUT2D eigenvalue weighted by Crippen LogP contribution is -2.37. The van der Waals surface area contributed by atoms with Crippen LogP contribution in [0.5, 0.6) is 5.75 Å². The first-order valence-electron chi connectivity index (χ1n) is 8.46. The fraction of sp³-hybridized carbons (Fsp3) is 0.412. The van der Waals surface area contributed by atoms with Gasteiger partial charge in [0.15, 0.2) is 5.78 Å². The molecule has 1 aromatic carbocycles. The van der Waals surface area contributed by atoms with Crippen LogP contribution in [0.4, 0.5) is 0 Å². The van der Waals surface area contributed by atoms with Crippen LogP contribution in [0.2, 0.25) is 0 Å². The minimum Gasteiger partial charge on any atom is -0.403 e. The number of rotatable bonds is 8. The molecule has 1 amide bonds. The first-order valence-corrected chi connectivity index (χ1v) is 9.92. The van der Waals surface area contributed by atoms with Crippen LogP contribution < -0.4 is 9.84 Å². The number of para-hydroxylation sites is 1. The predicted octanol–water partition coefficient (Wildman–Crippen LogP) is 1.57. The summed E-state index contributed by atoms with van der Waals surface area (Å²) in [5.74, 6) is -0.984. The summed E-state index contributed by atoms with van der Waals surface area (Å²) in [4.78, 5) is 24.4. The van der Waals surface area contributed by atoms with E-state index in [1.54, 1.807) is 26.0 Å². The van der Waals surface area contributed by atoms with E-state index in [4.69, 9.17) is 18.3 Å². The third-order valence-corrected chi connectivity index (χ3v) is 5.48. The van der Waals surface area contributed by atoms with E-state index in [0.717, 1.165) is 6.08 Å². The van der Waals surface area contributed by atoms with Gasteiger partial charge in [-0.3, -0.25) is 18.6 Å². The zero-order valence-corrected chi connectivity index (χ0v) is 15.7. The fourth-order valence-corrected chi connectivity index (χ4v) is 3.87. The van der Waals surface area contributed by atoms with Crippen molar-refractivity contribution in [3.63, 3.8) is 0 Å². The molecular formula is C17H20NO8P. The maximum absolute atomic E-state index is 12.6. The molecule has 0 saturated carbocycles. The van der Waals surface area contributed by atoms with E-state index in [-0.39, 0.29) is 36.0 Å². The number of aliphatic hydroxyl groups is 1. The highest BCUT2D eigenvalue weighted by Crippen LogP contribution is 2.50. The summed E-state index contributed by atoms with van der Waals surface area (Å²) in [6, 6.07) is 6.07. The van der Waals surface area contributed by atoms with Gasteiger partial charge in [-0.05, 0) is 26.0 Å². The first-order chi connectivity index (χ1) is 12.9. The van der Waals surface area contributed by atoms with Crippen LogP contribution in [0.3, 0.4) is 0 Å². The Labute approximate surface area is 155 Å². The van der Waals surface area contributed by atoms with Crippen molar-refractivity contribution in [2.24, 2.45) is 0 Å². The third-order valence-electron chi connectivity index (χ3n) is 3.91. The highest BCUT2D eigenvalue weighted by atomic mass is 31.2. The maximum atomic E-state index is 12.6. The molecule has 0 radical (unpaired) electrons. The standard InChI is InChI=1S/C17H20NO8P/c1-3-23-27(22,24-4-2)26-13-8-6-5-7-10(13)17(21)18-11-9-12(19)15-16(25-15)14(11)20/h5-9,14-16,20H,3-4H2,1-2H3,(H,18,21). The Balaban J connectivity index is 1.80. The smallest absolute Gasteiger partial charge is 0.403 e. The van der Waals surface area contributed by atoms with E-state index in [2.05, 4.69) is 5.32 Å². The van der Waals surface area contributed by atoms with Crippen LogP contribution in [0.25, 0.3) is 0 Å². The summed E-state index contributed by atoms with van der Waals surface area (Å²) < 4.78 is 33.2. The number of ketones is 1. The maximum Gasteiger partial charge on any atom is 0.530 e. The molecule has 0 spiro atoms. The molecule has 3 unspecified atom stereocenters. The molecule has 1 fully saturated rings. The first kappa shape index (κ1) is 19.7. The lowest BCUT2D eigenvalue weighted by atomic mass is 10.0. The van der Waals surface area contributed by atoms with Crippen LogP contribution in [-0.2, 0) is 23.1 Å². The van der Waals surface area contributed by atoms with Gasteiger partial charge in [0.25, 0.3) is 5.91 Å². The number of epoxide rings is 1. The SMILES string of the molecule is CCOP(=O)(OCC)Oc1ccccc1C(=O)NC1=CC(=O)C2OC2C1O. The van der Waals surface area contributed by atoms with Crippen molar-refractivity contribution in [3.05, 3.63) is 41.6 Å². The van der Waals surface area contributed by atoms with Gasteiger partial charge in [0.2, 0.25) is 0 Å². The molecule has 2 aliphatic rings. The van der Waals surface area contributed by atoms with E-state index in [9.17, 15) is 19.3 Å². The summed E-state index contributed by atoms with van der Waals surface area (Å²) in [5.41, 5.74) is 0.0767. The van der Waals surface area contributed by atoms with Gasteiger partial charge in [-0.25, -0.2) is 4.57 Å². The molecular weight excluding hydrogens is 377 g/mol. The van der Waals surface area contributed by atoms with Gasteiger partial charge >= 0.3 is 7.82 Å². The summed E-state index contributed by atoms with van der Waals surface area (Å²) in [6.07, 6.45) is -1.24. The molecule has 1 aromatic rings. The quantitative estimate of drug-likeness (QED) is 0.500. The van der Waals surface area contributed by atoms with Crippen LogP contribution >= 0.6 is 7.82 Å². The number of amides is 1. The second-order valence-electron chi connectivity index (χ2n) is 5.79. The van der Waals surface area contributed by atoms with Gasteiger partial charge in [-0.1, -0.05) is 12.1 Å². The summed E-state index contributed by atoms with van der Waals surface area (Å²) in [6.45, 7) is 3.45. The Morgan fingerprint density at radius 1 is 1.26 bits per heavy atom. The Morgan fingerprint density at radius 2 is 1.93 bits per heavy atom. The van der Waals surface area contributed by atoms with Gasteiger partial charge in [-0.2, -0.15) is 0 Å². The van der Waals surface area contributed by atoms with Gasteiger partial charge in [0, 0.05) is 6.08 Å². The van der Waals surface area contributed by atoms with Crippen molar-refractivity contribution in [1.82, 2.24) is 5.32 Å². The molecule has 0 bridgehead atoms. The highest BCUT2D eigenvalue weighted by molar-refractivity contribution is 7.48. The minimum atomic E-state index is -3.89. The summed E-state index contributed by atoms with van der Waals surface area (Å²) in [5, 5.41) is 12.6. The average Bonchev–Trinajstić information content (AvgIpc) is 3.41. The van der Waals surface area contributed by atoms with E-state index >= 15 is 0 Å². The summed E-state index contributed by atoms with van der Waals surface area (Å²) in [7, 11) is -3.89. The predicted molar refractivity (Wildman–Crippen MR) is 93.2 cm³/mol. The van der Waals surface area contributed by atoms with E-state index < -0.39 is 32.0 Å². The van der Waals surface area contributed by atoms with Crippen molar-refractivity contribution in [2.75, 3.05) is 13.2 Å².